The number of hydrogen-bond donors (Lipinski definition) is 1. The fourth-order valence-electron chi connectivity index (χ4n) is 3.95. The second kappa shape index (κ2) is 8.00. The maximum atomic E-state index is 14.2. The highest BCUT2D eigenvalue weighted by Crippen LogP contribution is 2.34. The standard InChI is InChI=1S/C22H20ClF2N5O/c23-14-3-4-15(24)19(25)18(14)20(31)12-6-9-30(10-7-12)22-21(27-13-1-2-13)28-16-5-8-26-11-17(16)29-22/h3-5,8,11-13H,1-2,6-7,9-10H2,(H,27,28). The van der Waals surface area contributed by atoms with Crippen molar-refractivity contribution in [3.05, 3.63) is 52.8 Å². The first-order chi connectivity index (χ1) is 15.0. The number of fused-ring (bicyclic) bond motifs is 1. The number of nitrogens with one attached hydrogen (secondary N) is 1. The van der Waals surface area contributed by atoms with Crippen LogP contribution in [0.4, 0.5) is 20.4 Å². The molecule has 3 heterocycles. The third-order valence-corrected chi connectivity index (χ3v) is 6.14. The van der Waals surface area contributed by atoms with Crippen molar-refractivity contribution in [3.8, 4) is 0 Å². The molecule has 0 radical (unpaired) electrons. The van der Waals surface area contributed by atoms with Gasteiger partial charge in [-0.1, -0.05) is 11.6 Å². The van der Waals surface area contributed by atoms with E-state index < -0.39 is 23.3 Å². The van der Waals surface area contributed by atoms with Gasteiger partial charge in [-0.3, -0.25) is 9.78 Å². The van der Waals surface area contributed by atoms with Crippen molar-refractivity contribution >= 4 is 40.1 Å². The highest BCUT2D eigenvalue weighted by Gasteiger charge is 2.32. The summed E-state index contributed by atoms with van der Waals surface area (Å²) in [5.41, 5.74) is 1.11. The molecule has 1 aliphatic carbocycles. The van der Waals surface area contributed by atoms with Crippen LogP contribution in [0.5, 0.6) is 0 Å². The summed E-state index contributed by atoms with van der Waals surface area (Å²) in [4.78, 5) is 28.6. The molecule has 0 amide bonds. The van der Waals surface area contributed by atoms with Crippen LogP contribution in [0, 0.1) is 17.6 Å². The van der Waals surface area contributed by atoms with Gasteiger partial charge in [-0.05, 0) is 43.9 Å². The van der Waals surface area contributed by atoms with Gasteiger partial charge in [0.25, 0.3) is 0 Å². The van der Waals surface area contributed by atoms with Gasteiger partial charge in [-0.25, -0.2) is 18.7 Å². The van der Waals surface area contributed by atoms with Crippen LogP contribution >= 0.6 is 11.6 Å². The Labute approximate surface area is 182 Å². The van der Waals surface area contributed by atoms with Crippen molar-refractivity contribution in [1.82, 2.24) is 15.0 Å². The minimum Gasteiger partial charge on any atom is -0.364 e. The molecule has 3 aromatic rings. The molecule has 1 aliphatic heterocycles. The zero-order chi connectivity index (χ0) is 21.5. The van der Waals surface area contributed by atoms with Crippen molar-refractivity contribution in [2.24, 2.45) is 5.92 Å². The first-order valence-electron chi connectivity index (χ1n) is 10.3. The minimum atomic E-state index is -1.18. The second-order valence-electron chi connectivity index (χ2n) is 8.02. The van der Waals surface area contributed by atoms with Crippen LogP contribution in [-0.4, -0.2) is 39.9 Å². The van der Waals surface area contributed by atoms with E-state index in [0.29, 0.717) is 37.5 Å². The molecule has 2 aromatic heterocycles. The molecule has 160 valence electrons. The predicted molar refractivity (Wildman–Crippen MR) is 115 cm³/mol. The van der Waals surface area contributed by atoms with Crippen molar-refractivity contribution in [1.29, 1.82) is 0 Å². The Morgan fingerprint density at radius 2 is 1.84 bits per heavy atom. The Bertz CT molecular complexity index is 1160. The highest BCUT2D eigenvalue weighted by atomic mass is 35.5. The first kappa shape index (κ1) is 20.1. The fraction of sp³-hybridized carbons (Fsp3) is 0.364. The quantitative estimate of drug-likeness (QED) is 0.458. The van der Waals surface area contributed by atoms with Gasteiger partial charge < -0.3 is 10.2 Å². The molecule has 5 rings (SSSR count). The lowest BCUT2D eigenvalue weighted by Gasteiger charge is -2.33. The summed E-state index contributed by atoms with van der Waals surface area (Å²) < 4.78 is 27.8. The number of aromatic nitrogens is 3. The molecular weight excluding hydrogens is 424 g/mol. The number of halogens is 3. The number of nitrogens with zero attached hydrogens (tertiary/aromatic N) is 4. The third-order valence-electron chi connectivity index (χ3n) is 5.82. The Kier molecular flexibility index (Phi) is 5.17. The number of ketones is 1. The van der Waals surface area contributed by atoms with E-state index in [-0.39, 0.29) is 10.6 Å². The zero-order valence-corrected chi connectivity index (χ0v) is 17.4. The topological polar surface area (TPSA) is 71.0 Å². The van der Waals surface area contributed by atoms with Crippen molar-refractivity contribution < 1.29 is 13.6 Å². The lowest BCUT2D eigenvalue weighted by Crippen LogP contribution is -2.37. The Morgan fingerprint density at radius 1 is 1.06 bits per heavy atom. The van der Waals surface area contributed by atoms with Crippen molar-refractivity contribution in [2.75, 3.05) is 23.3 Å². The number of carbonyl (C=O) groups is 1. The first-order valence-corrected chi connectivity index (χ1v) is 10.7. The average molecular weight is 444 g/mol. The fourth-order valence-corrected chi connectivity index (χ4v) is 4.18. The average Bonchev–Trinajstić information content (AvgIpc) is 3.60. The number of hydrogen-bond acceptors (Lipinski definition) is 6. The summed E-state index contributed by atoms with van der Waals surface area (Å²) in [7, 11) is 0. The molecule has 31 heavy (non-hydrogen) atoms. The van der Waals surface area contributed by atoms with Crippen LogP contribution in [0.3, 0.4) is 0 Å². The van der Waals surface area contributed by atoms with Gasteiger partial charge in [0.1, 0.15) is 5.52 Å². The lowest BCUT2D eigenvalue weighted by molar-refractivity contribution is 0.0895. The van der Waals surface area contributed by atoms with Crippen LogP contribution in [0.2, 0.25) is 5.02 Å². The van der Waals surface area contributed by atoms with Gasteiger partial charge in [-0.15, -0.1) is 0 Å². The van der Waals surface area contributed by atoms with Gasteiger partial charge in [0, 0.05) is 31.2 Å². The van der Waals surface area contributed by atoms with E-state index in [0.717, 1.165) is 36.1 Å². The van der Waals surface area contributed by atoms with Crippen LogP contribution in [-0.2, 0) is 0 Å². The molecule has 1 N–H and O–H groups in total. The zero-order valence-electron chi connectivity index (χ0n) is 16.6. The summed E-state index contributed by atoms with van der Waals surface area (Å²) in [5.74, 6) is -1.67. The normalized spacial score (nSPS) is 17.2. The number of benzene rings is 1. The number of piperidine rings is 1. The van der Waals surface area contributed by atoms with E-state index >= 15 is 0 Å². The molecular formula is C22H20ClF2N5O. The minimum absolute atomic E-state index is 0.0601. The van der Waals surface area contributed by atoms with Gasteiger partial charge in [0.2, 0.25) is 0 Å². The molecule has 2 fully saturated rings. The van der Waals surface area contributed by atoms with Crippen LogP contribution in [0.25, 0.3) is 11.0 Å². The molecule has 0 spiro atoms. The van der Waals surface area contributed by atoms with Gasteiger partial charge in [-0.2, -0.15) is 0 Å². The molecule has 0 atom stereocenters. The van der Waals surface area contributed by atoms with Crippen molar-refractivity contribution in [3.63, 3.8) is 0 Å². The molecule has 9 heteroatoms. The van der Waals surface area contributed by atoms with E-state index in [1.165, 1.54) is 6.07 Å². The maximum Gasteiger partial charge on any atom is 0.172 e. The number of anilines is 2. The summed E-state index contributed by atoms with van der Waals surface area (Å²) in [6.45, 7) is 1.09. The Morgan fingerprint density at radius 3 is 2.58 bits per heavy atom. The highest BCUT2D eigenvalue weighted by molar-refractivity contribution is 6.34. The van der Waals surface area contributed by atoms with Gasteiger partial charge in [0.05, 0.1) is 22.3 Å². The summed E-state index contributed by atoms with van der Waals surface area (Å²) >= 11 is 6.00. The van der Waals surface area contributed by atoms with Crippen LogP contribution in [0.15, 0.2) is 30.6 Å². The van der Waals surface area contributed by atoms with E-state index in [1.807, 2.05) is 6.07 Å². The molecule has 1 saturated carbocycles. The number of Topliss-reactive ketones (excluding diaryl/α,β-unsaturated/α-hetero) is 1. The van der Waals surface area contributed by atoms with E-state index in [1.54, 1.807) is 12.4 Å². The Hall–Kier alpha value is -2.87. The predicted octanol–water partition coefficient (Wildman–Crippen LogP) is 4.63. The number of carbonyl (C=O) groups excluding carboxylic acids is 1. The summed E-state index contributed by atoms with van der Waals surface area (Å²) in [5, 5.41) is 3.38. The molecule has 1 aromatic carbocycles. The van der Waals surface area contributed by atoms with E-state index in [4.69, 9.17) is 21.6 Å². The van der Waals surface area contributed by atoms with E-state index in [2.05, 4.69) is 15.2 Å². The smallest absolute Gasteiger partial charge is 0.172 e. The molecule has 6 nitrogen and oxygen atoms in total. The molecule has 2 aliphatic rings. The SMILES string of the molecule is O=C(c1c(Cl)ccc(F)c1F)C1CCN(c2nc3cnccc3nc2NC2CC2)CC1. The molecule has 1 saturated heterocycles. The Balaban J connectivity index is 1.37. The summed E-state index contributed by atoms with van der Waals surface area (Å²) in [6.07, 6.45) is 6.54. The van der Waals surface area contributed by atoms with Gasteiger partial charge >= 0.3 is 0 Å². The van der Waals surface area contributed by atoms with Gasteiger partial charge in [0.15, 0.2) is 29.1 Å². The monoisotopic (exact) mass is 443 g/mol. The molecule has 0 unspecified atom stereocenters. The second-order valence-corrected chi connectivity index (χ2v) is 8.43. The maximum absolute atomic E-state index is 14.2. The lowest BCUT2D eigenvalue weighted by atomic mass is 9.88. The van der Waals surface area contributed by atoms with Crippen LogP contribution in [0.1, 0.15) is 36.0 Å². The summed E-state index contributed by atoms with van der Waals surface area (Å²) in [6, 6.07) is 4.38. The van der Waals surface area contributed by atoms with Crippen molar-refractivity contribution in [2.45, 2.75) is 31.7 Å². The van der Waals surface area contributed by atoms with Crippen LogP contribution < -0.4 is 10.2 Å². The largest absolute Gasteiger partial charge is 0.364 e. The number of rotatable bonds is 5. The van der Waals surface area contributed by atoms with E-state index in [9.17, 15) is 13.6 Å². The molecule has 0 bridgehead atoms. The number of pyridine rings is 1. The third kappa shape index (κ3) is 3.92.